The van der Waals surface area contributed by atoms with Gasteiger partial charge in [-0.1, -0.05) is 54.6 Å². The van der Waals surface area contributed by atoms with Gasteiger partial charge in [0.15, 0.2) is 0 Å². The van der Waals surface area contributed by atoms with Gasteiger partial charge >= 0.3 is 0 Å². The van der Waals surface area contributed by atoms with E-state index in [0.29, 0.717) is 29.0 Å². The van der Waals surface area contributed by atoms with E-state index in [1.54, 1.807) is 31.2 Å². The molecule has 0 bridgehead atoms. The highest BCUT2D eigenvalue weighted by atomic mass is 32.2. The average Bonchev–Trinajstić information content (AvgIpc) is 3.01. The van der Waals surface area contributed by atoms with E-state index < -0.39 is 10.0 Å². The molecule has 0 saturated carbocycles. The number of nitrogens with zero attached hydrogens (tertiary/aromatic N) is 2. The monoisotopic (exact) mass is 416 g/mol. The zero-order valence-electron chi connectivity index (χ0n) is 16.1. The van der Waals surface area contributed by atoms with Crippen LogP contribution in [0.25, 0.3) is 10.8 Å². The largest absolute Gasteiger partial charge is 0.283 e. The summed E-state index contributed by atoms with van der Waals surface area (Å²) in [6.07, 6.45) is 0.495. The van der Waals surface area contributed by atoms with E-state index in [9.17, 15) is 12.8 Å². The number of aromatic nitrogens is 1. The molecular formula is C24H17FN2O2S. The first-order valence-electron chi connectivity index (χ1n) is 9.51. The Morgan fingerprint density at radius 2 is 1.70 bits per heavy atom. The average molecular weight is 416 g/mol. The summed E-state index contributed by atoms with van der Waals surface area (Å²) in [5.74, 6) is -0.289. The van der Waals surface area contributed by atoms with E-state index in [1.165, 1.54) is 12.1 Å². The van der Waals surface area contributed by atoms with E-state index in [-0.39, 0.29) is 10.7 Å². The molecule has 0 radical (unpaired) electrons. The SMILES string of the molecule is Cc1cccc2c1S(=O)(=O)N=C2c1cc2ccccc2c(Cc2ccc(F)cc2)n1. The van der Waals surface area contributed by atoms with Gasteiger partial charge in [-0.05, 0) is 41.6 Å². The molecule has 0 spiro atoms. The second-order valence-corrected chi connectivity index (χ2v) is 8.89. The molecule has 0 saturated heterocycles. The summed E-state index contributed by atoms with van der Waals surface area (Å²) in [5.41, 5.74) is 3.82. The number of aryl methyl sites for hydroxylation is 1. The second-order valence-electron chi connectivity index (χ2n) is 7.35. The molecule has 1 aromatic heterocycles. The van der Waals surface area contributed by atoms with Crippen molar-refractivity contribution in [2.75, 3.05) is 0 Å². The van der Waals surface area contributed by atoms with Crippen molar-refractivity contribution in [3.63, 3.8) is 0 Å². The third-order valence-corrected chi connectivity index (χ3v) is 6.76. The first kappa shape index (κ1) is 18.6. The van der Waals surface area contributed by atoms with Gasteiger partial charge in [-0.3, -0.25) is 4.98 Å². The van der Waals surface area contributed by atoms with Gasteiger partial charge in [0.1, 0.15) is 16.4 Å². The van der Waals surface area contributed by atoms with Crippen molar-refractivity contribution in [1.29, 1.82) is 0 Å². The Labute approximate surface area is 173 Å². The van der Waals surface area contributed by atoms with Gasteiger partial charge in [0.2, 0.25) is 0 Å². The van der Waals surface area contributed by atoms with Crippen LogP contribution in [-0.4, -0.2) is 19.1 Å². The number of hydrogen-bond acceptors (Lipinski definition) is 3. The molecule has 30 heavy (non-hydrogen) atoms. The van der Waals surface area contributed by atoms with Gasteiger partial charge in [0, 0.05) is 17.4 Å². The lowest BCUT2D eigenvalue weighted by Crippen LogP contribution is -2.07. The molecule has 6 heteroatoms. The fourth-order valence-electron chi connectivity index (χ4n) is 3.90. The molecule has 0 atom stereocenters. The van der Waals surface area contributed by atoms with E-state index in [4.69, 9.17) is 4.98 Å². The minimum Gasteiger partial charge on any atom is -0.250 e. The Morgan fingerprint density at radius 1 is 0.933 bits per heavy atom. The molecule has 3 aromatic carbocycles. The lowest BCUT2D eigenvalue weighted by atomic mass is 9.99. The van der Waals surface area contributed by atoms with E-state index in [2.05, 4.69) is 4.40 Å². The van der Waals surface area contributed by atoms with Crippen molar-refractivity contribution in [3.8, 4) is 0 Å². The molecule has 1 aliphatic heterocycles. The third-order valence-electron chi connectivity index (χ3n) is 5.28. The number of fused-ring (bicyclic) bond motifs is 2. The number of hydrogen-bond donors (Lipinski definition) is 0. The number of rotatable bonds is 3. The standard InChI is InChI=1S/C24H17FN2O2S/c1-15-5-4-8-20-23(27-30(28,29)24(15)20)22-14-17-6-2-3-7-19(17)21(26-22)13-16-9-11-18(25)12-10-16/h2-12,14H,13H2,1H3. The van der Waals surface area contributed by atoms with E-state index in [1.807, 2.05) is 36.4 Å². The van der Waals surface area contributed by atoms with Crippen LogP contribution in [0, 0.1) is 12.7 Å². The number of benzene rings is 3. The van der Waals surface area contributed by atoms with E-state index >= 15 is 0 Å². The van der Waals surface area contributed by atoms with Crippen molar-refractivity contribution < 1.29 is 12.8 Å². The first-order chi connectivity index (χ1) is 14.4. The Bertz CT molecular complexity index is 1440. The van der Waals surface area contributed by atoms with Crippen molar-refractivity contribution >= 4 is 26.5 Å². The van der Waals surface area contributed by atoms with Crippen LogP contribution in [0.4, 0.5) is 4.39 Å². The molecule has 148 valence electrons. The van der Waals surface area contributed by atoms with Crippen LogP contribution >= 0.6 is 0 Å². The summed E-state index contributed by atoms with van der Waals surface area (Å²) in [6.45, 7) is 1.77. The van der Waals surface area contributed by atoms with Crippen molar-refractivity contribution in [3.05, 3.63) is 107 Å². The molecule has 4 aromatic rings. The van der Waals surface area contributed by atoms with Gasteiger partial charge < -0.3 is 0 Å². The highest BCUT2D eigenvalue weighted by molar-refractivity contribution is 7.90. The summed E-state index contributed by atoms with van der Waals surface area (Å²) in [6, 6.07) is 21.4. The summed E-state index contributed by atoms with van der Waals surface area (Å²) < 4.78 is 42.7. The summed E-state index contributed by atoms with van der Waals surface area (Å²) in [4.78, 5) is 5.05. The van der Waals surface area contributed by atoms with Crippen LogP contribution in [0.15, 0.2) is 82.1 Å². The van der Waals surface area contributed by atoms with Crippen molar-refractivity contribution in [2.24, 2.45) is 4.40 Å². The molecule has 4 nitrogen and oxygen atoms in total. The normalized spacial score (nSPS) is 14.5. The molecule has 0 amide bonds. The van der Waals surface area contributed by atoms with Crippen LogP contribution in [0.3, 0.4) is 0 Å². The van der Waals surface area contributed by atoms with Gasteiger partial charge in [-0.25, -0.2) is 4.39 Å². The predicted molar refractivity (Wildman–Crippen MR) is 115 cm³/mol. The highest BCUT2D eigenvalue weighted by Gasteiger charge is 2.32. The van der Waals surface area contributed by atoms with Gasteiger partial charge in [-0.2, -0.15) is 12.8 Å². The zero-order valence-corrected chi connectivity index (χ0v) is 16.9. The van der Waals surface area contributed by atoms with E-state index in [0.717, 1.165) is 22.0 Å². The third kappa shape index (κ3) is 3.09. The number of pyridine rings is 1. The fourth-order valence-corrected chi connectivity index (χ4v) is 5.34. The second kappa shape index (κ2) is 6.85. The predicted octanol–water partition coefficient (Wildman–Crippen LogP) is 4.81. The highest BCUT2D eigenvalue weighted by Crippen LogP contribution is 2.32. The Hall–Kier alpha value is -3.38. The lowest BCUT2D eigenvalue weighted by Gasteiger charge is -2.10. The number of halogens is 1. The van der Waals surface area contributed by atoms with Crippen molar-refractivity contribution in [2.45, 2.75) is 18.2 Å². The summed E-state index contributed by atoms with van der Waals surface area (Å²) in [5, 5.41) is 1.91. The number of sulfonamides is 1. The van der Waals surface area contributed by atoms with Gasteiger partial charge in [-0.15, -0.1) is 0 Å². The lowest BCUT2D eigenvalue weighted by molar-refractivity contribution is 0.598. The van der Waals surface area contributed by atoms with Crippen LogP contribution in [0.2, 0.25) is 0 Å². The quantitative estimate of drug-likeness (QED) is 0.481. The molecular weight excluding hydrogens is 399 g/mol. The summed E-state index contributed by atoms with van der Waals surface area (Å²) in [7, 11) is -3.76. The van der Waals surface area contributed by atoms with Crippen LogP contribution in [0.1, 0.15) is 28.1 Å². The molecule has 0 aliphatic carbocycles. The smallest absolute Gasteiger partial charge is 0.250 e. The summed E-state index contributed by atoms with van der Waals surface area (Å²) >= 11 is 0. The molecule has 0 fully saturated rings. The van der Waals surface area contributed by atoms with Crippen molar-refractivity contribution in [1.82, 2.24) is 4.98 Å². The zero-order chi connectivity index (χ0) is 20.9. The maximum atomic E-state index is 13.3. The first-order valence-corrected chi connectivity index (χ1v) is 10.9. The molecule has 1 aliphatic rings. The molecule has 2 heterocycles. The Morgan fingerprint density at radius 3 is 2.50 bits per heavy atom. The van der Waals surface area contributed by atoms with Crippen LogP contribution in [-0.2, 0) is 16.4 Å². The molecule has 5 rings (SSSR count). The Balaban J connectivity index is 1.70. The minimum absolute atomic E-state index is 0.245. The topological polar surface area (TPSA) is 59.4 Å². The molecule has 0 N–H and O–H groups in total. The van der Waals surface area contributed by atoms with Crippen LogP contribution < -0.4 is 0 Å². The van der Waals surface area contributed by atoms with Gasteiger partial charge in [0.25, 0.3) is 10.0 Å². The minimum atomic E-state index is -3.76. The maximum Gasteiger partial charge on any atom is 0.283 e. The fraction of sp³-hybridized carbons (Fsp3) is 0.0833. The Kier molecular flexibility index (Phi) is 4.25. The maximum absolute atomic E-state index is 13.3. The molecule has 0 unspecified atom stereocenters. The van der Waals surface area contributed by atoms with Gasteiger partial charge in [0.05, 0.1) is 11.4 Å². The van der Waals surface area contributed by atoms with Crippen LogP contribution in [0.5, 0.6) is 0 Å².